The minimum Gasteiger partial charge on any atom is -0.494 e. The van der Waals surface area contributed by atoms with E-state index in [1.54, 1.807) is 0 Å². The van der Waals surface area contributed by atoms with E-state index in [1.165, 1.54) is 5.56 Å². The lowest BCUT2D eigenvalue weighted by atomic mass is 10.0. The quantitative estimate of drug-likeness (QED) is 0.791. The number of aromatic amines is 1. The Hall–Kier alpha value is -2.50. The Morgan fingerprint density at radius 1 is 1.36 bits per heavy atom. The average molecular weight is 342 g/mol. The van der Waals surface area contributed by atoms with E-state index < -0.39 is 0 Å². The smallest absolute Gasteiger partial charge is 0.317 e. The zero-order valence-corrected chi connectivity index (χ0v) is 14.9. The van der Waals surface area contributed by atoms with Crippen molar-refractivity contribution in [2.45, 2.75) is 39.2 Å². The normalized spacial score (nSPS) is 16.9. The summed E-state index contributed by atoms with van der Waals surface area (Å²) in [6.45, 7) is 6.01. The lowest BCUT2D eigenvalue weighted by Gasteiger charge is -2.25. The van der Waals surface area contributed by atoms with Crippen LogP contribution in [0.2, 0.25) is 0 Å². The van der Waals surface area contributed by atoms with Crippen LogP contribution in [0.1, 0.15) is 42.3 Å². The number of hydrogen-bond donors (Lipinski definition) is 2. The molecular formula is C19H26N4O2. The lowest BCUT2D eigenvalue weighted by molar-refractivity contribution is 0.191. The van der Waals surface area contributed by atoms with Gasteiger partial charge in [0.2, 0.25) is 0 Å². The maximum atomic E-state index is 12.6. The molecular weight excluding hydrogens is 316 g/mol. The zero-order valence-electron chi connectivity index (χ0n) is 14.9. The molecule has 0 radical (unpaired) electrons. The van der Waals surface area contributed by atoms with Crippen LogP contribution in [0.5, 0.6) is 5.75 Å². The number of ether oxygens (including phenoxy) is 1. The van der Waals surface area contributed by atoms with Gasteiger partial charge in [0.05, 0.1) is 18.3 Å². The summed E-state index contributed by atoms with van der Waals surface area (Å²) in [6, 6.07) is 9.85. The van der Waals surface area contributed by atoms with Crippen LogP contribution in [-0.2, 0) is 0 Å². The molecule has 0 spiro atoms. The molecule has 1 aromatic heterocycles. The second kappa shape index (κ2) is 8.05. The predicted octanol–water partition coefficient (Wildman–Crippen LogP) is 3.34. The molecule has 1 aromatic carbocycles. The van der Waals surface area contributed by atoms with Gasteiger partial charge in [-0.25, -0.2) is 4.79 Å². The highest BCUT2D eigenvalue weighted by atomic mass is 16.5. The van der Waals surface area contributed by atoms with Crippen molar-refractivity contribution in [3.63, 3.8) is 0 Å². The van der Waals surface area contributed by atoms with Crippen molar-refractivity contribution >= 4 is 6.03 Å². The number of rotatable bonds is 6. The topological polar surface area (TPSA) is 70.2 Å². The number of nitrogens with zero attached hydrogens (tertiary/aromatic N) is 2. The Morgan fingerprint density at radius 3 is 2.88 bits per heavy atom. The number of H-pyrrole nitrogens is 1. The highest BCUT2D eigenvalue weighted by molar-refractivity contribution is 5.75. The Bertz CT molecular complexity index is 679. The number of nitrogens with one attached hydrogen (secondary N) is 2. The summed E-state index contributed by atoms with van der Waals surface area (Å²) in [7, 11) is 0. The van der Waals surface area contributed by atoms with Gasteiger partial charge < -0.3 is 15.0 Å². The summed E-state index contributed by atoms with van der Waals surface area (Å²) in [4.78, 5) is 14.5. The first kappa shape index (κ1) is 17.3. The van der Waals surface area contributed by atoms with E-state index in [1.807, 2.05) is 49.1 Å². The highest BCUT2D eigenvalue weighted by Gasteiger charge is 2.32. The number of urea groups is 1. The summed E-state index contributed by atoms with van der Waals surface area (Å²) < 4.78 is 5.65. The van der Waals surface area contributed by atoms with Crippen molar-refractivity contribution in [3.8, 4) is 5.75 Å². The first-order valence-corrected chi connectivity index (χ1v) is 8.90. The van der Waals surface area contributed by atoms with E-state index in [9.17, 15) is 4.79 Å². The SMILES string of the molecule is Cc1n[nH]c(C)c1C1CCCN1C(=O)NCCCOc1ccccc1. The van der Waals surface area contributed by atoms with E-state index in [0.717, 1.165) is 42.9 Å². The van der Waals surface area contributed by atoms with Gasteiger partial charge in [-0.15, -0.1) is 0 Å². The number of aromatic nitrogens is 2. The van der Waals surface area contributed by atoms with Gasteiger partial charge in [0.25, 0.3) is 0 Å². The van der Waals surface area contributed by atoms with Gasteiger partial charge in [-0.3, -0.25) is 5.10 Å². The van der Waals surface area contributed by atoms with Gasteiger partial charge in [-0.05, 0) is 45.2 Å². The summed E-state index contributed by atoms with van der Waals surface area (Å²) in [5, 5.41) is 10.3. The molecule has 2 amide bonds. The van der Waals surface area contributed by atoms with Crippen molar-refractivity contribution in [1.82, 2.24) is 20.4 Å². The monoisotopic (exact) mass is 342 g/mol. The van der Waals surface area contributed by atoms with Gasteiger partial charge in [0.15, 0.2) is 0 Å². The number of likely N-dealkylation sites (tertiary alicyclic amines) is 1. The minimum atomic E-state index is 0.00205. The first-order chi connectivity index (χ1) is 12.2. The summed E-state index contributed by atoms with van der Waals surface area (Å²) >= 11 is 0. The van der Waals surface area contributed by atoms with Gasteiger partial charge in [0.1, 0.15) is 5.75 Å². The largest absolute Gasteiger partial charge is 0.494 e. The van der Waals surface area contributed by atoms with Crippen LogP contribution in [0.3, 0.4) is 0 Å². The minimum absolute atomic E-state index is 0.00205. The van der Waals surface area contributed by atoms with Crippen LogP contribution >= 0.6 is 0 Å². The molecule has 1 atom stereocenters. The van der Waals surface area contributed by atoms with Crippen LogP contribution in [0, 0.1) is 13.8 Å². The average Bonchev–Trinajstić information content (AvgIpc) is 3.21. The molecule has 0 saturated carbocycles. The van der Waals surface area contributed by atoms with Crippen LogP contribution in [0.4, 0.5) is 4.79 Å². The summed E-state index contributed by atoms with van der Waals surface area (Å²) in [5.74, 6) is 0.861. The van der Waals surface area contributed by atoms with Gasteiger partial charge in [0, 0.05) is 24.3 Å². The molecule has 3 rings (SSSR count). The molecule has 2 heterocycles. The number of para-hydroxylation sites is 1. The van der Waals surface area contributed by atoms with E-state index in [2.05, 4.69) is 15.5 Å². The molecule has 0 bridgehead atoms. The molecule has 1 fully saturated rings. The van der Waals surface area contributed by atoms with Crippen LogP contribution in [0.25, 0.3) is 0 Å². The molecule has 1 saturated heterocycles. The fraction of sp³-hybridized carbons (Fsp3) is 0.474. The van der Waals surface area contributed by atoms with Crippen molar-refractivity contribution in [2.75, 3.05) is 19.7 Å². The number of benzene rings is 1. The zero-order chi connectivity index (χ0) is 17.6. The molecule has 0 aliphatic carbocycles. The first-order valence-electron chi connectivity index (χ1n) is 8.90. The van der Waals surface area contributed by atoms with Gasteiger partial charge >= 0.3 is 6.03 Å². The Morgan fingerprint density at radius 2 is 2.16 bits per heavy atom. The van der Waals surface area contributed by atoms with E-state index in [4.69, 9.17) is 4.74 Å². The van der Waals surface area contributed by atoms with E-state index in [-0.39, 0.29) is 12.1 Å². The number of hydrogen-bond acceptors (Lipinski definition) is 3. The second-order valence-corrected chi connectivity index (χ2v) is 6.45. The van der Waals surface area contributed by atoms with Crippen LogP contribution in [0.15, 0.2) is 30.3 Å². The van der Waals surface area contributed by atoms with Crippen LogP contribution < -0.4 is 10.1 Å². The third-order valence-electron chi connectivity index (χ3n) is 4.64. The molecule has 1 aliphatic rings. The highest BCUT2D eigenvalue weighted by Crippen LogP contribution is 2.34. The van der Waals surface area contributed by atoms with Crippen molar-refractivity contribution in [1.29, 1.82) is 0 Å². The van der Waals surface area contributed by atoms with Crippen molar-refractivity contribution < 1.29 is 9.53 Å². The summed E-state index contributed by atoms with van der Waals surface area (Å²) in [6.07, 6.45) is 2.80. The van der Waals surface area contributed by atoms with Gasteiger partial charge in [-0.1, -0.05) is 18.2 Å². The molecule has 25 heavy (non-hydrogen) atoms. The van der Waals surface area contributed by atoms with Gasteiger partial charge in [-0.2, -0.15) is 5.10 Å². The third-order valence-corrected chi connectivity index (χ3v) is 4.64. The van der Waals surface area contributed by atoms with Crippen molar-refractivity contribution in [2.24, 2.45) is 0 Å². The fourth-order valence-electron chi connectivity index (χ4n) is 3.44. The molecule has 6 nitrogen and oxygen atoms in total. The summed E-state index contributed by atoms with van der Waals surface area (Å²) in [5.41, 5.74) is 3.21. The fourth-order valence-corrected chi connectivity index (χ4v) is 3.44. The molecule has 2 N–H and O–H groups in total. The number of aryl methyl sites for hydroxylation is 2. The molecule has 6 heteroatoms. The maximum absolute atomic E-state index is 12.6. The second-order valence-electron chi connectivity index (χ2n) is 6.45. The van der Waals surface area contributed by atoms with Crippen molar-refractivity contribution in [3.05, 3.63) is 47.3 Å². The molecule has 1 aliphatic heterocycles. The lowest BCUT2D eigenvalue weighted by Crippen LogP contribution is -2.40. The Kier molecular flexibility index (Phi) is 5.58. The Labute approximate surface area is 148 Å². The predicted molar refractivity (Wildman–Crippen MR) is 96.7 cm³/mol. The number of carbonyl (C=O) groups is 1. The molecule has 1 unspecified atom stereocenters. The third kappa shape index (κ3) is 4.13. The Balaban J connectivity index is 1.46. The number of carbonyl (C=O) groups excluding carboxylic acids is 1. The molecule has 134 valence electrons. The number of amides is 2. The maximum Gasteiger partial charge on any atom is 0.317 e. The standard InChI is InChI=1S/C19H26N4O2/c1-14-18(15(2)22-21-14)17-10-6-12-23(17)19(24)20-11-7-13-25-16-8-4-3-5-9-16/h3-5,8-9,17H,6-7,10-13H2,1-2H3,(H,20,24)(H,21,22). The molecule has 2 aromatic rings. The van der Waals surface area contributed by atoms with E-state index >= 15 is 0 Å². The van der Waals surface area contributed by atoms with Crippen LogP contribution in [-0.4, -0.2) is 40.8 Å². The van der Waals surface area contributed by atoms with E-state index in [0.29, 0.717) is 13.2 Å².